The number of rotatable bonds is 7. The van der Waals surface area contributed by atoms with E-state index in [1.165, 1.54) is 40.0 Å². The van der Waals surface area contributed by atoms with Crippen LogP contribution in [0.15, 0.2) is 36.4 Å². The molecular weight excluding hydrogens is 388 g/mol. The van der Waals surface area contributed by atoms with E-state index in [-0.39, 0.29) is 17.9 Å². The molecular formula is C26H35N2O3+. The molecule has 1 fully saturated rings. The van der Waals surface area contributed by atoms with Crippen molar-refractivity contribution in [1.82, 2.24) is 5.32 Å². The number of methoxy groups -OCH3 is 2. The van der Waals surface area contributed by atoms with Gasteiger partial charge in [0.1, 0.15) is 12.6 Å². The molecule has 1 unspecified atom stereocenters. The standard InChI is InChI=1S/C26H34N2O3/c1-18-7-6-8-19(13-18)17-28-12-11-21-14-24(30-2)25(31-3)15-22(21)23(28)16-27-26(29)20-9-4-5-10-20/h6-8,13-15,20,23H,4-5,9-12,16-17H2,1-3H3,(H,27,29)/p+1/t23-/m0/s1. The summed E-state index contributed by atoms with van der Waals surface area (Å²) in [6.07, 6.45) is 5.39. The number of amides is 1. The van der Waals surface area contributed by atoms with Crippen molar-refractivity contribution in [3.05, 3.63) is 58.7 Å². The number of nitrogens with one attached hydrogen (secondary N) is 2. The first-order valence-corrected chi connectivity index (χ1v) is 11.5. The van der Waals surface area contributed by atoms with Crippen LogP contribution in [0.5, 0.6) is 11.5 Å². The molecule has 166 valence electrons. The van der Waals surface area contributed by atoms with Gasteiger partial charge in [0, 0.05) is 23.5 Å². The quantitative estimate of drug-likeness (QED) is 0.720. The first-order valence-electron chi connectivity index (χ1n) is 11.5. The second-order valence-corrected chi connectivity index (χ2v) is 9.01. The summed E-state index contributed by atoms with van der Waals surface area (Å²) >= 11 is 0. The highest BCUT2D eigenvalue weighted by molar-refractivity contribution is 5.78. The average molecular weight is 424 g/mol. The molecule has 4 rings (SSSR count). The van der Waals surface area contributed by atoms with Crippen molar-refractivity contribution in [2.75, 3.05) is 27.3 Å². The summed E-state index contributed by atoms with van der Waals surface area (Å²) in [5.74, 6) is 1.94. The van der Waals surface area contributed by atoms with E-state index in [1.54, 1.807) is 14.2 Å². The van der Waals surface area contributed by atoms with Gasteiger partial charge in [0.15, 0.2) is 11.5 Å². The largest absolute Gasteiger partial charge is 0.493 e. The molecule has 0 aromatic heterocycles. The Labute approximate surface area is 185 Å². The molecule has 2 atom stereocenters. The molecule has 0 spiro atoms. The van der Waals surface area contributed by atoms with Gasteiger partial charge in [0.25, 0.3) is 0 Å². The van der Waals surface area contributed by atoms with Crippen LogP contribution in [0.3, 0.4) is 0 Å². The Balaban J connectivity index is 1.60. The van der Waals surface area contributed by atoms with Crippen molar-refractivity contribution in [2.24, 2.45) is 5.92 Å². The van der Waals surface area contributed by atoms with Gasteiger partial charge < -0.3 is 19.7 Å². The Bertz CT molecular complexity index is 921. The van der Waals surface area contributed by atoms with E-state index in [1.807, 2.05) is 0 Å². The topological polar surface area (TPSA) is 52.0 Å². The molecule has 0 radical (unpaired) electrons. The van der Waals surface area contributed by atoms with Crippen LogP contribution in [-0.2, 0) is 17.8 Å². The Morgan fingerprint density at radius 2 is 1.84 bits per heavy atom. The van der Waals surface area contributed by atoms with Crippen LogP contribution in [0.1, 0.15) is 54.0 Å². The molecule has 2 aromatic carbocycles. The van der Waals surface area contributed by atoms with Crippen LogP contribution in [0.2, 0.25) is 0 Å². The molecule has 1 aliphatic heterocycles. The molecule has 1 saturated carbocycles. The van der Waals surface area contributed by atoms with Crippen LogP contribution in [0.4, 0.5) is 0 Å². The third kappa shape index (κ3) is 4.87. The predicted octanol–water partition coefficient (Wildman–Crippen LogP) is 3.00. The number of hydrogen-bond acceptors (Lipinski definition) is 3. The molecule has 2 N–H and O–H groups in total. The van der Waals surface area contributed by atoms with Crippen molar-refractivity contribution in [3.63, 3.8) is 0 Å². The molecule has 5 heteroatoms. The summed E-state index contributed by atoms with van der Waals surface area (Å²) in [4.78, 5) is 14.3. The smallest absolute Gasteiger partial charge is 0.223 e. The van der Waals surface area contributed by atoms with Crippen LogP contribution < -0.4 is 19.7 Å². The molecule has 5 nitrogen and oxygen atoms in total. The maximum absolute atomic E-state index is 12.8. The third-order valence-electron chi connectivity index (χ3n) is 6.95. The lowest BCUT2D eigenvalue weighted by atomic mass is 9.91. The van der Waals surface area contributed by atoms with Gasteiger partial charge in [-0.1, -0.05) is 42.7 Å². The van der Waals surface area contributed by atoms with Crippen LogP contribution in [0.25, 0.3) is 0 Å². The maximum Gasteiger partial charge on any atom is 0.223 e. The van der Waals surface area contributed by atoms with Gasteiger partial charge in [-0.2, -0.15) is 0 Å². The molecule has 2 aromatic rings. The second-order valence-electron chi connectivity index (χ2n) is 9.01. The van der Waals surface area contributed by atoms with Crippen LogP contribution in [0, 0.1) is 12.8 Å². The summed E-state index contributed by atoms with van der Waals surface area (Å²) in [6.45, 7) is 4.76. The normalized spacial score (nSPS) is 20.9. The molecule has 31 heavy (non-hydrogen) atoms. The number of quaternary nitrogens is 1. The fraction of sp³-hybridized carbons (Fsp3) is 0.500. The Morgan fingerprint density at radius 3 is 2.55 bits per heavy atom. The highest BCUT2D eigenvalue weighted by Gasteiger charge is 2.34. The minimum absolute atomic E-state index is 0.189. The minimum atomic E-state index is 0.189. The van der Waals surface area contributed by atoms with Crippen molar-refractivity contribution < 1.29 is 19.2 Å². The molecule has 2 aliphatic rings. The van der Waals surface area contributed by atoms with Crippen molar-refractivity contribution in [1.29, 1.82) is 0 Å². The van der Waals surface area contributed by atoms with Gasteiger partial charge in [-0.3, -0.25) is 4.79 Å². The molecule has 1 aliphatic carbocycles. The number of benzene rings is 2. The van der Waals surface area contributed by atoms with Gasteiger partial charge in [0.2, 0.25) is 5.91 Å². The Morgan fingerprint density at radius 1 is 1.10 bits per heavy atom. The van der Waals surface area contributed by atoms with E-state index in [2.05, 4.69) is 48.6 Å². The zero-order chi connectivity index (χ0) is 21.8. The molecule has 1 amide bonds. The van der Waals surface area contributed by atoms with Crippen LogP contribution >= 0.6 is 0 Å². The summed E-state index contributed by atoms with van der Waals surface area (Å²) in [7, 11) is 3.36. The molecule has 0 saturated heterocycles. The van der Waals surface area contributed by atoms with E-state index in [0.717, 1.165) is 43.9 Å². The minimum Gasteiger partial charge on any atom is -0.493 e. The first-order chi connectivity index (χ1) is 15.1. The number of hydrogen-bond donors (Lipinski definition) is 2. The van der Waals surface area contributed by atoms with Crippen LogP contribution in [-0.4, -0.2) is 33.2 Å². The third-order valence-corrected chi connectivity index (χ3v) is 6.95. The maximum atomic E-state index is 12.8. The van der Waals surface area contributed by atoms with Crippen molar-refractivity contribution >= 4 is 5.91 Å². The van der Waals surface area contributed by atoms with E-state index in [9.17, 15) is 4.79 Å². The predicted molar refractivity (Wildman–Crippen MR) is 122 cm³/mol. The fourth-order valence-electron chi connectivity index (χ4n) is 5.25. The highest BCUT2D eigenvalue weighted by atomic mass is 16.5. The highest BCUT2D eigenvalue weighted by Crippen LogP contribution is 2.34. The summed E-state index contributed by atoms with van der Waals surface area (Å²) in [5, 5.41) is 3.30. The number of fused-ring (bicyclic) bond motifs is 1. The number of carbonyl (C=O) groups is 1. The van der Waals surface area contributed by atoms with Gasteiger partial charge >= 0.3 is 0 Å². The first kappa shape index (κ1) is 21.7. The number of ether oxygens (including phenoxy) is 2. The van der Waals surface area contributed by atoms with Gasteiger partial charge in [-0.05, 0) is 37.5 Å². The summed E-state index contributed by atoms with van der Waals surface area (Å²) < 4.78 is 11.1. The van der Waals surface area contributed by atoms with E-state index < -0.39 is 0 Å². The van der Waals surface area contributed by atoms with E-state index >= 15 is 0 Å². The lowest BCUT2D eigenvalue weighted by Gasteiger charge is -2.35. The number of aryl methyl sites for hydroxylation is 1. The lowest BCUT2D eigenvalue weighted by Crippen LogP contribution is -3.12. The molecule has 1 heterocycles. The van der Waals surface area contributed by atoms with Crippen molar-refractivity contribution in [3.8, 4) is 11.5 Å². The van der Waals surface area contributed by atoms with Crippen molar-refractivity contribution in [2.45, 2.75) is 51.6 Å². The zero-order valence-corrected chi connectivity index (χ0v) is 19.0. The van der Waals surface area contributed by atoms with Gasteiger partial charge in [0.05, 0.1) is 27.3 Å². The fourth-order valence-corrected chi connectivity index (χ4v) is 5.25. The molecule has 0 bridgehead atoms. The summed E-state index contributed by atoms with van der Waals surface area (Å²) in [5.41, 5.74) is 5.18. The SMILES string of the molecule is COc1cc2c(cc1OC)[C@H](CNC(=O)C1CCCC1)[NH+](Cc1cccc(C)c1)CC2. The second kappa shape index (κ2) is 9.73. The Hall–Kier alpha value is -2.53. The monoisotopic (exact) mass is 423 g/mol. The lowest BCUT2D eigenvalue weighted by molar-refractivity contribution is -0.945. The zero-order valence-electron chi connectivity index (χ0n) is 19.0. The van der Waals surface area contributed by atoms with Gasteiger partial charge in [-0.15, -0.1) is 0 Å². The van der Waals surface area contributed by atoms with E-state index in [0.29, 0.717) is 6.54 Å². The Kier molecular flexibility index (Phi) is 6.81. The van der Waals surface area contributed by atoms with E-state index in [4.69, 9.17) is 9.47 Å². The summed E-state index contributed by atoms with van der Waals surface area (Å²) in [6, 6.07) is 13.2. The average Bonchev–Trinajstić information content (AvgIpc) is 3.32. The number of carbonyl (C=O) groups excluding carboxylic acids is 1. The van der Waals surface area contributed by atoms with Gasteiger partial charge in [-0.25, -0.2) is 0 Å².